The van der Waals surface area contributed by atoms with Crippen LogP contribution in [-0.4, -0.2) is 147 Å². The number of likely N-dealkylation sites (N-methyl/N-ethyl adjacent to an activating group) is 1. The third kappa shape index (κ3) is 9.55. The van der Waals surface area contributed by atoms with Gasteiger partial charge in [0.25, 0.3) is 0 Å². The molecule has 14 heteroatoms. The summed E-state index contributed by atoms with van der Waals surface area (Å²) in [6.07, 6.45) is -8.74. The summed E-state index contributed by atoms with van der Waals surface area (Å²) in [5.41, 5.74) is 1.86. The Kier molecular flexibility index (Phi) is 14.7. The van der Waals surface area contributed by atoms with E-state index in [-0.39, 0.29) is 31.3 Å². The number of carbonyl (C=O) groups excluding carboxylic acids is 1. The molecule has 294 valence electrons. The fraction of sp³-hybridized carbons (Fsp3) is 0.972. The van der Waals surface area contributed by atoms with Gasteiger partial charge in [-0.1, -0.05) is 20.8 Å². The van der Waals surface area contributed by atoms with Gasteiger partial charge in [-0.3, -0.25) is 4.79 Å². The molecule has 0 aliphatic carbocycles. The van der Waals surface area contributed by atoms with Gasteiger partial charge in [-0.05, 0) is 80.7 Å². The third-order valence-electron chi connectivity index (χ3n) is 11.6. The van der Waals surface area contributed by atoms with Crippen molar-refractivity contribution in [3.63, 3.8) is 0 Å². The molecule has 0 amide bonds. The number of nitrogens with two attached hydrogens (primary N) is 1. The van der Waals surface area contributed by atoms with Gasteiger partial charge in [-0.2, -0.15) is 0 Å². The van der Waals surface area contributed by atoms with Crippen molar-refractivity contribution in [2.24, 2.45) is 23.5 Å². The maximum atomic E-state index is 14.1. The van der Waals surface area contributed by atoms with Crippen molar-refractivity contribution in [1.82, 2.24) is 4.90 Å². The van der Waals surface area contributed by atoms with Crippen molar-refractivity contribution in [3.8, 4) is 0 Å². The summed E-state index contributed by atoms with van der Waals surface area (Å²) in [6, 6.07) is -1.17. The van der Waals surface area contributed by atoms with Crippen LogP contribution < -0.4 is 5.73 Å². The van der Waals surface area contributed by atoms with E-state index in [1.54, 1.807) is 48.5 Å². The summed E-state index contributed by atoms with van der Waals surface area (Å²) in [6.45, 7) is 17.8. The number of aliphatic hydroxyl groups is 5. The zero-order valence-corrected chi connectivity index (χ0v) is 32.3. The van der Waals surface area contributed by atoms with Crippen LogP contribution in [0.5, 0.6) is 0 Å². The lowest BCUT2D eigenvalue weighted by Gasteiger charge is -2.48. The Labute approximate surface area is 298 Å². The lowest BCUT2D eigenvalue weighted by molar-refractivity contribution is -0.315. The molecule has 3 heterocycles. The first kappa shape index (κ1) is 43.4. The zero-order valence-electron chi connectivity index (χ0n) is 32.3. The van der Waals surface area contributed by atoms with Crippen LogP contribution in [0.15, 0.2) is 0 Å². The molecule has 3 fully saturated rings. The van der Waals surface area contributed by atoms with Crippen molar-refractivity contribution >= 4 is 5.97 Å². The topological polar surface area (TPSA) is 203 Å². The summed E-state index contributed by atoms with van der Waals surface area (Å²) >= 11 is 0. The van der Waals surface area contributed by atoms with Gasteiger partial charge < -0.3 is 64.6 Å². The highest BCUT2D eigenvalue weighted by atomic mass is 16.7. The maximum Gasteiger partial charge on any atom is 0.311 e. The Morgan fingerprint density at radius 2 is 1.58 bits per heavy atom. The number of methoxy groups -OCH3 is 1. The molecule has 0 radical (unpaired) electrons. The molecule has 0 aromatic rings. The Balaban J connectivity index is 2.16. The molecule has 3 saturated heterocycles. The van der Waals surface area contributed by atoms with Gasteiger partial charge in [-0.25, -0.2) is 0 Å². The van der Waals surface area contributed by atoms with Crippen molar-refractivity contribution in [1.29, 1.82) is 0 Å². The number of hydrogen-bond acceptors (Lipinski definition) is 14. The molecule has 0 saturated carbocycles. The number of aliphatic hydroxyl groups excluding tert-OH is 3. The van der Waals surface area contributed by atoms with E-state index in [1.165, 1.54) is 14.0 Å². The van der Waals surface area contributed by atoms with E-state index >= 15 is 0 Å². The monoisotopic (exact) mass is 720 g/mol. The van der Waals surface area contributed by atoms with E-state index in [9.17, 15) is 30.3 Å². The number of rotatable bonds is 6. The summed E-state index contributed by atoms with van der Waals surface area (Å²) in [5.74, 6) is -2.64. The number of ether oxygens (including phenoxy) is 6. The molecule has 50 heavy (non-hydrogen) atoms. The number of carbonyl (C=O) groups is 1. The first-order valence-corrected chi connectivity index (χ1v) is 18.3. The molecule has 0 aromatic heterocycles. The normalized spacial score (nSPS) is 51.0. The van der Waals surface area contributed by atoms with Crippen molar-refractivity contribution in [3.05, 3.63) is 0 Å². The van der Waals surface area contributed by atoms with Crippen molar-refractivity contribution < 1.29 is 58.7 Å². The Bertz CT molecular complexity index is 1100. The van der Waals surface area contributed by atoms with Crippen LogP contribution in [0.1, 0.15) is 94.9 Å². The smallest absolute Gasteiger partial charge is 0.311 e. The minimum Gasteiger partial charge on any atom is -0.459 e. The molecule has 0 bridgehead atoms. The first-order chi connectivity index (χ1) is 23.0. The van der Waals surface area contributed by atoms with Crippen LogP contribution in [0.25, 0.3) is 0 Å². The number of hydrogen-bond donors (Lipinski definition) is 6. The van der Waals surface area contributed by atoms with Crippen LogP contribution >= 0.6 is 0 Å². The highest BCUT2D eigenvalue weighted by Gasteiger charge is 2.52. The highest BCUT2D eigenvalue weighted by Crippen LogP contribution is 2.40. The molecular formula is C36H68N2O12. The first-order valence-electron chi connectivity index (χ1n) is 18.3. The van der Waals surface area contributed by atoms with E-state index in [1.807, 2.05) is 25.8 Å². The Hall–Kier alpha value is -1.01. The van der Waals surface area contributed by atoms with Gasteiger partial charge in [0.2, 0.25) is 0 Å². The molecule has 14 nitrogen and oxygen atoms in total. The van der Waals surface area contributed by atoms with Gasteiger partial charge in [0.05, 0.1) is 41.5 Å². The average Bonchev–Trinajstić information content (AvgIpc) is 3.03. The quantitative estimate of drug-likeness (QED) is 0.214. The highest BCUT2D eigenvalue weighted by molar-refractivity contribution is 5.73. The number of cyclic esters (lactones) is 1. The van der Waals surface area contributed by atoms with Crippen molar-refractivity contribution in [2.45, 2.75) is 185 Å². The summed E-state index contributed by atoms with van der Waals surface area (Å²) in [5, 5.41) is 57.4. The van der Waals surface area contributed by atoms with Gasteiger partial charge in [0, 0.05) is 38.1 Å². The predicted molar refractivity (Wildman–Crippen MR) is 185 cm³/mol. The Morgan fingerprint density at radius 3 is 2.16 bits per heavy atom. The van der Waals surface area contributed by atoms with Crippen LogP contribution in [0.3, 0.4) is 0 Å². The van der Waals surface area contributed by atoms with E-state index in [0.717, 1.165) is 0 Å². The molecule has 0 spiro atoms. The second kappa shape index (κ2) is 17.0. The predicted octanol–water partition coefficient (Wildman–Crippen LogP) is 1.30. The largest absolute Gasteiger partial charge is 0.459 e. The molecule has 7 N–H and O–H groups in total. The fourth-order valence-electron chi connectivity index (χ4n) is 8.28. The number of nitrogens with zero attached hydrogens (tertiary/aromatic N) is 1. The lowest BCUT2D eigenvalue weighted by atomic mass is 9.77. The van der Waals surface area contributed by atoms with Crippen LogP contribution in [0.4, 0.5) is 0 Å². The lowest BCUT2D eigenvalue weighted by Crippen LogP contribution is -2.60. The fourth-order valence-corrected chi connectivity index (χ4v) is 8.28. The second-order valence-corrected chi connectivity index (χ2v) is 16.3. The van der Waals surface area contributed by atoms with Gasteiger partial charge in [0.1, 0.15) is 30.0 Å². The van der Waals surface area contributed by atoms with Gasteiger partial charge in [0.15, 0.2) is 12.6 Å². The molecule has 8 unspecified atom stereocenters. The van der Waals surface area contributed by atoms with E-state index < -0.39 is 102 Å². The zero-order chi connectivity index (χ0) is 38.1. The molecule has 3 aliphatic heterocycles. The van der Waals surface area contributed by atoms with E-state index in [4.69, 9.17) is 34.2 Å². The van der Waals surface area contributed by atoms with E-state index in [2.05, 4.69) is 0 Å². The number of esters is 1. The third-order valence-corrected chi connectivity index (χ3v) is 11.6. The molecule has 0 aromatic carbocycles. The van der Waals surface area contributed by atoms with Crippen molar-refractivity contribution in [2.75, 3.05) is 20.7 Å². The summed E-state index contributed by atoms with van der Waals surface area (Å²) in [7, 11) is 3.32. The van der Waals surface area contributed by atoms with Crippen LogP contribution in [0.2, 0.25) is 0 Å². The average molecular weight is 721 g/mol. The maximum absolute atomic E-state index is 14.1. The minimum absolute atomic E-state index is 0.123. The van der Waals surface area contributed by atoms with E-state index in [0.29, 0.717) is 13.0 Å². The SMILES string of the molecule is CC[C@H]1OC(=O)[C@H](C)[C@@H](OC2CC(C)(OC)C(O)C(C)O2)[C@H](C)[C@@H](OC2OC(C)CC(N)C2O)[C@@](C)(O)C[C@@H](C)CN(C)[C@H](C)[C@@H](O)[C@]1(C)O. The molecule has 3 aliphatic rings. The molecule has 3 rings (SSSR count). The molecule has 18 atom stereocenters. The summed E-state index contributed by atoms with van der Waals surface area (Å²) in [4.78, 5) is 16.0. The molecular weight excluding hydrogens is 652 g/mol. The minimum atomic E-state index is -1.80. The summed E-state index contributed by atoms with van der Waals surface area (Å²) < 4.78 is 37.0. The van der Waals surface area contributed by atoms with Gasteiger partial charge in [-0.15, -0.1) is 0 Å². The van der Waals surface area contributed by atoms with Crippen LogP contribution in [-0.2, 0) is 33.2 Å². The van der Waals surface area contributed by atoms with Gasteiger partial charge >= 0.3 is 5.97 Å². The standard InChI is InChI=1S/C36H68N2O12/c1-13-25-36(10,44)29(40)22(6)38(11)17-18(2)15-34(8,43)31(50-33-27(39)24(37)14-19(3)46-33)20(4)28(21(5)32(42)48-25)49-26-16-35(9,45-12)30(41)23(7)47-26/h18-31,33,39-41,43-44H,13-17,37H2,1-12H3/t18-,19?,20+,21-,22-,23?,24?,25-,26?,27?,28+,29-,30?,31-,33?,34+,35?,36-/m1/s1. The van der Waals surface area contributed by atoms with Crippen LogP contribution in [0, 0.1) is 17.8 Å². The Morgan fingerprint density at radius 1 is 0.960 bits per heavy atom. The second-order valence-electron chi connectivity index (χ2n) is 16.3.